The van der Waals surface area contributed by atoms with Gasteiger partial charge in [-0.1, -0.05) is 60.7 Å². The number of carbonyl (C=O) groups is 2. The first-order valence-electron chi connectivity index (χ1n) is 10.8. The van der Waals surface area contributed by atoms with E-state index >= 15 is 0 Å². The number of nitrogens with one attached hydrogen (secondary N) is 2. The lowest BCUT2D eigenvalue weighted by molar-refractivity contribution is -0.123. The maximum absolute atomic E-state index is 12.6. The normalized spacial score (nSPS) is 19.1. The van der Waals surface area contributed by atoms with E-state index in [-0.39, 0.29) is 23.4 Å². The van der Waals surface area contributed by atoms with Crippen LogP contribution in [0.5, 0.6) is 0 Å². The molecular formula is C26H28N2O2S. The Hall–Kier alpha value is -2.92. The van der Waals surface area contributed by atoms with Crippen LogP contribution in [0.25, 0.3) is 11.1 Å². The quantitative estimate of drug-likeness (QED) is 0.510. The number of amides is 2. The standard InChI is InChI=1S/C26H28N2O2S/c1-19(23-8-5-17-31-23)27-24(29)13-15-26(16-14-25(30)28-26)18-20-9-11-22(12-10-20)21-6-3-2-4-7-21/h2-12,17,19H,13-16,18H2,1H3,(H,27,29)(H,28,30)/t19-,26+/m0/s1. The lowest BCUT2D eigenvalue weighted by Crippen LogP contribution is -2.44. The van der Waals surface area contributed by atoms with Crippen molar-refractivity contribution in [1.29, 1.82) is 0 Å². The van der Waals surface area contributed by atoms with Gasteiger partial charge < -0.3 is 10.6 Å². The van der Waals surface area contributed by atoms with Crippen molar-refractivity contribution in [3.8, 4) is 11.1 Å². The van der Waals surface area contributed by atoms with Gasteiger partial charge in [0.2, 0.25) is 11.8 Å². The molecule has 1 fully saturated rings. The molecule has 5 heteroatoms. The van der Waals surface area contributed by atoms with Gasteiger partial charge in [0.1, 0.15) is 0 Å². The van der Waals surface area contributed by atoms with Crippen LogP contribution in [0, 0.1) is 0 Å². The smallest absolute Gasteiger partial charge is 0.220 e. The number of carbonyl (C=O) groups excluding carboxylic acids is 2. The van der Waals surface area contributed by atoms with E-state index in [9.17, 15) is 9.59 Å². The molecule has 31 heavy (non-hydrogen) atoms. The molecule has 0 spiro atoms. The number of thiophene rings is 1. The monoisotopic (exact) mass is 432 g/mol. The zero-order valence-corrected chi connectivity index (χ0v) is 18.6. The maximum atomic E-state index is 12.6. The molecule has 1 aromatic heterocycles. The van der Waals surface area contributed by atoms with E-state index in [1.54, 1.807) is 11.3 Å². The van der Waals surface area contributed by atoms with Crippen molar-refractivity contribution < 1.29 is 9.59 Å². The van der Waals surface area contributed by atoms with Gasteiger partial charge in [-0.3, -0.25) is 9.59 Å². The van der Waals surface area contributed by atoms with Crippen molar-refractivity contribution in [3.05, 3.63) is 82.6 Å². The summed E-state index contributed by atoms with van der Waals surface area (Å²) in [6.45, 7) is 2.01. The zero-order valence-electron chi connectivity index (χ0n) is 17.8. The van der Waals surface area contributed by atoms with Gasteiger partial charge in [-0.05, 0) is 54.3 Å². The van der Waals surface area contributed by atoms with Crippen molar-refractivity contribution in [3.63, 3.8) is 0 Å². The van der Waals surface area contributed by atoms with Gasteiger partial charge >= 0.3 is 0 Å². The first kappa shape index (κ1) is 21.3. The van der Waals surface area contributed by atoms with Crippen LogP contribution >= 0.6 is 11.3 Å². The SMILES string of the molecule is C[C@H](NC(=O)CC[C@]1(Cc2ccc(-c3ccccc3)cc2)CCC(=O)N1)c1cccs1. The molecule has 0 radical (unpaired) electrons. The Morgan fingerprint density at radius 1 is 1.06 bits per heavy atom. The number of hydrogen-bond acceptors (Lipinski definition) is 3. The fraction of sp³-hybridized carbons (Fsp3) is 0.308. The van der Waals surface area contributed by atoms with Crippen molar-refractivity contribution in [2.75, 3.05) is 0 Å². The fourth-order valence-electron chi connectivity index (χ4n) is 4.29. The predicted octanol–water partition coefficient (Wildman–Crippen LogP) is 5.26. The van der Waals surface area contributed by atoms with E-state index in [1.165, 1.54) is 16.7 Å². The molecule has 0 saturated carbocycles. The summed E-state index contributed by atoms with van der Waals surface area (Å²) >= 11 is 1.65. The van der Waals surface area contributed by atoms with Crippen molar-refractivity contribution in [1.82, 2.24) is 10.6 Å². The summed E-state index contributed by atoms with van der Waals surface area (Å²) in [7, 11) is 0. The molecular weight excluding hydrogens is 404 g/mol. The second kappa shape index (κ2) is 9.48. The highest BCUT2D eigenvalue weighted by atomic mass is 32.1. The van der Waals surface area contributed by atoms with E-state index in [0.717, 1.165) is 17.7 Å². The van der Waals surface area contributed by atoms with Gasteiger partial charge in [0.05, 0.1) is 6.04 Å². The van der Waals surface area contributed by atoms with Gasteiger partial charge in [-0.2, -0.15) is 0 Å². The van der Waals surface area contributed by atoms with Gasteiger partial charge in [0.15, 0.2) is 0 Å². The van der Waals surface area contributed by atoms with Gasteiger partial charge in [-0.25, -0.2) is 0 Å². The summed E-state index contributed by atoms with van der Waals surface area (Å²) in [6, 6.07) is 22.9. The van der Waals surface area contributed by atoms with Crippen LogP contribution in [0.2, 0.25) is 0 Å². The molecule has 2 heterocycles. The summed E-state index contributed by atoms with van der Waals surface area (Å²) in [5, 5.41) is 8.28. The third-order valence-electron chi connectivity index (χ3n) is 6.02. The molecule has 0 aliphatic carbocycles. The lowest BCUT2D eigenvalue weighted by Gasteiger charge is -2.29. The van der Waals surface area contributed by atoms with Crippen molar-refractivity contribution in [2.45, 2.75) is 50.6 Å². The minimum absolute atomic E-state index is 0.00662. The van der Waals surface area contributed by atoms with Crippen LogP contribution in [0.3, 0.4) is 0 Å². The Labute approximate surface area is 187 Å². The minimum Gasteiger partial charge on any atom is -0.350 e. The summed E-state index contributed by atoms with van der Waals surface area (Å²) < 4.78 is 0. The molecule has 0 bridgehead atoms. The average Bonchev–Trinajstić information content (AvgIpc) is 3.44. The van der Waals surface area contributed by atoms with E-state index in [4.69, 9.17) is 0 Å². The summed E-state index contributed by atoms with van der Waals surface area (Å²) in [5.41, 5.74) is 3.19. The molecule has 1 saturated heterocycles. The van der Waals surface area contributed by atoms with Crippen LogP contribution in [0.15, 0.2) is 72.1 Å². The topological polar surface area (TPSA) is 58.2 Å². The highest BCUT2D eigenvalue weighted by molar-refractivity contribution is 7.10. The summed E-state index contributed by atoms with van der Waals surface area (Å²) in [4.78, 5) is 25.8. The molecule has 2 amide bonds. The molecule has 2 atom stereocenters. The van der Waals surface area contributed by atoms with Gasteiger partial charge in [-0.15, -0.1) is 11.3 Å². The Morgan fingerprint density at radius 2 is 1.81 bits per heavy atom. The highest BCUT2D eigenvalue weighted by Gasteiger charge is 2.37. The molecule has 0 unspecified atom stereocenters. The molecule has 2 N–H and O–H groups in total. The molecule has 1 aliphatic heterocycles. The molecule has 4 rings (SSSR count). The summed E-state index contributed by atoms with van der Waals surface area (Å²) in [5.74, 6) is 0.106. The van der Waals surface area contributed by atoms with Crippen molar-refractivity contribution >= 4 is 23.2 Å². The predicted molar refractivity (Wildman–Crippen MR) is 126 cm³/mol. The minimum atomic E-state index is -0.352. The lowest BCUT2D eigenvalue weighted by atomic mass is 9.84. The maximum Gasteiger partial charge on any atom is 0.220 e. The largest absolute Gasteiger partial charge is 0.350 e. The van der Waals surface area contributed by atoms with E-state index in [2.05, 4.69) is 47.0 Å². The van der Waals surface area contributed by atoms with Gasteiger partial charge in [0.25, 0.3) is 0 Å². The highest BCUT2D eigenvalue weighted by Crippen LogP contribution is 2.31. The number of hydrogen-bond donors (Lipinski definition) is 2. The summed E-state index contributed by atoms with van der Waals surface area (Å²) in [6.07, 6.45) is 3.07. The molecule has 4 nitrogen and oxygen atoms in total. The zero-order chi connectivity index (χ0) is 21.7. The van der Waals surface area contributed by atoms with Crippen LogP contribution in [-0.2, 0) is 16.0 Å². The van der Waals surface area contributed by atoms with E-state index < -0.39 is 0 Å². The second-order valence-electron chi connectivity index (χ2n) is 8.37. The Balaban J connectivity index is 1.39. The third kappa shape index (κ3) is 5.42. The number of rotatable bonds is 8. The molecule has 2 aromatic carbocycles. The first-order valence-corrected chi connectivity index (χ1v) is 11.7. The van der Waals surface area contributed by atoms with Crippen molar-refractivity contribution in [2.24, 2.45) is 0 Å². The fourth-order valence-corrected chi connectivity index (χ4v) is 5.03. The van der Waals surface area contributed by atoms with Gasteiger partial charge in [0, 0.05) is 23.3 Å². The Morgan fingerprint density at radius 3 is 2.45 bits per heavy atom. The average molecular weight is 433 g/mol. The van der Waals surface area contributed by atoms with Crippen LogP contribution in [0.4, 0.5) is 0 Å². The van der Waals surface area contributed by atoms with Crippen LogP contribution < -0.4 is 10.6 Å². The first-order chi connectivity index (χ1) is 15.0. The second-order valence-corrected chi connectivity index (χ2v) is 9.35. The van der Waals surface area contributed by atoms with Crippen LogP contribution in [-0.4, -0.2) is 17.4 Å². The Bertz CT molecular complexity index is 1020. The van der Waals surface area contributed by atoms with Crippen LogP contribution in [0.1, 0.15) is 49.1 Å². The van der Waals surface area contributed by atoms with E-state index in [0.29, 0.717) is 19.3 Å². The molecule has 3 aromatic rings. The third-order valence-corrected chi connectivity index (χ3v) is 7.07. The molecule has 1 aliphatic rings. The Kier molecular flexibility index (Phi) is 6.52. The molecule has 160 valence electrons. The number of benzene rings is 2. The van der Waals surface area contributed by atoms with E-state index in [1.807, 2.05) is 42.6 Å².